The molecule has 2 atom stereocenters. The fourth-order valence-corrected chi connectivity index (χ4v) is 3.68. The van der Waals surface area contributed by atoms with E-state index in [1.54, 1.807) is 6.07 Å². The van der Waals surface area contributed by atoms with E-state index in [1.165, 1.54) is 17.7 Å². The first-order valence-electron chi connectivity index (χ1n) is 8.84. The smallest absolute Gasteiger partial charge is 0.124 e. The van der Waals surface area contributed by atoms with Gasteiger partial charge in [0.2, 0.25) is 0 Å². The highest BCUT2D eigenvalue weighted by molar-refractivity contribution is 5.85. The average molecular weight is 415 g/mol. The van der Waals surface area contributed by atoms with E-state index >= 15 is 0 Å². The molecule has 2 aliphatic rings. The second-order valence-electron chi connectivity index (χ2n) is 6.56. The number of ether oxygens (including phenoxy) is 2. The van der Waals surface area contributed by atoms with Crippen LogP contribution in [0.1, 0.15) is 17.2 Å². The lowest BCUT2D eigenvalue weighted by Crippen LogP contribution is -2.51. The molecular weight excluding hydrogens is 390 g/mol. The van der Waals surface area contributed by atoms with Crippen molar-refractivity contribution in [2.45, 2.75) is 18.8 Å². The normalized spacial score (nSPS) is 22.0. The van der Waals surface area contributed by atoms with E-state index in [0.717, 1.165) is 37.5 Å². The van der Waals surface area contributed by atoms with Gasteiger partial charge in [-0.2, -0.15) is 0 Å². The van der Waals surface area contributed by atoms with Crippen LogP contribution in [-0.4, -0.2) is 43.8 Å². The molecular formula is C20H25Cl2FN2O2. The number of piperazine rings is 1. The zero-order valence-corrected chi connectivity index (χ0v) is 16.6. The molecule has 0 aliphatic carbocycles. The molecule has 1 N–H and O–H groups in total. The Morgan fingerprint density at radius 3 is 2.63 bits per heavy atom. The quantitative estimate of drug-likeness (QED) is 0.828. The summed E-state index contributed by atoms with van der Waals surface area (Å²) in [6.07, 6.45) is -0.0729. The second kappa shape index (κ2) is 10.2. The number of para-hydroxylation sites is 1. The zero-order valence-electron chi connectivity index (χ0n) is 15.0. The highest BCUT2D eigenvalue weighted by atomic mass is 35.5. The topological polar surface area (TPSA) is 33.7 Å². The molecule has 0 aromatic heterocycles. The van der Waals surface area contributed by atoms with Gasteiger partial charge in [-0.25, -0.2) is 4.39 Å². The minimum atomic E-state index is -0.231. The second-order valence-corrected chi connectivity index (χ2v) is 6.56. The van der Waals surface area contributed by atoms with Crippen molar-refractivity contribution in [3.8, 4) is 5.75 Å². The molecule has 0 radical (unpaired) electrons. The first-order valence-corrected chi connectivity index (χ1v) is 8.84. The third kappa shape index (κ3) is 5.12. The lowest BCUT2D eigenvalue weighted by molar-refractivity contribution is -0.0617. The molecule has 2 unspecified atom stereocenters. The molecule has 7 heteroatoms. The van der Waals surface area contributed by atoms with Gasteiger partial charge < -0.3 is 14.8 Å². The molecule has 148 valence electrons. The van der Waals surface area contributed by atoms with Crippen LogP contribution in [0.3, 0.4) is 0 Å². The lowest BCUT2D eigenvalue weighted by Gasteiger charge is -2.42. The molecule has 4 nitrogen and oxygen atoms in total. The minimum absolute atomic E-state index is 0. The maximum Gasteiger partial charge on any atom is 0.124 e. The molecule has 0 bridgehead atoms. The van der Waals surface area contributed by atoms with Gasteiger partial charge in [-0.1, -0.05) is 30.3 Å². The number of hydrogen-bond acceptors (Lipinski definition) is 4. The van der Waals surface area contributed by atoms with Gasteiger partial charge in [-0.05, 0) is 23.8 Å². The number of rotatable bonds is 4. The first-order chi connectivity index (χ1) is 12.3. The van der Waals surface area contributed by atoms with Crippen LogP contribution in [0.4, 0.5) is 4.39 Å². The van der Waals surface area contributed by atoms with Crippen molar-refractivity contribution in [1.29, 1.82) is 0 Å². The standard InChI is InChI=1S/C20H23FN2O2.2ClH/c21-16-5-3-4-15(12-16)13-24-19-14-25-18-7-2-1-6-17(18)20(19)23-10-8-22-9-11-23;;/h1-7,12,19-20,22H,8-11,13-14H2;2*1H. The van der Waals surface area contributed by atoms with Gasteiger partial charge in [-0.3, -0.25) is 4.90 Å². The fraction of sp³-hybridized carbons (Fsp3) is 0.400. The van der Waals surface area contributed by atoms with Crippen LogP contribution in [0, 0.1) is 5.82 Å². The summed E-state index contributed by atoms with van der Waals surface area (Å²) in [5, 5.41) is 3.40. The Balaban J connectivity index is 0.00000131. The number of hydrogen-bond donors (Lipinski definition) is 1. The van der Waals surface area contributed by atoms with Gasteiger partial charge in [0.15, 0.2) is 0 Å². The van der Waals surface area contributed by atoms with E-state index in [1.807, 2.05) is 24.3 Å². The van der Waals surface area contributed by atoms with E-state index in [4.69, 9.17) is 9.47 Å². The molecule has 27 heavy (non-hydrogen) atoms. The molecule has 2 aliphatic heterocycles. The maximum atomic E-state index is 13.4. The number of benzene rings is 2. The number of nitrogens with zero attached hydrogens (tertiary/aromatic N) is 1. The van der Waals surface area contributed by atoms with E-state index in [-0.39, 0.29) is 42.8 Å². The van der Waals surface area contributed by atoms with E-state index in [2.05, 4.69) is 16.3 Å². The third-order valence-electron chi connectivity index (χ3n) is 4.89. The SMILES string of the molecule is Cl.Cl.Fc1cccc(COC2COc3ccccc3C2N2CCNCC2)c1. The van der Waals surface area contributed by atoms with Crippen molar-refractivity contribution in [2.24, 2.45) is 0 Å². The summed E-state index contributed by atoms with van der Waals surface area (Å²) in [6.45, 7) is 4.83. The Labute approximate surface area is 171 Å². The van der Waals surface area contributed by atoms with Crippen LogP contribution in [0.15, 0.2) is 48.5 Å². The van der Waals surface area contributed by atoms with Crippen molar-refractivity contribution >= 4 is 24.8 Å². The van der Waals surface area contributed by atoms with Gasteiger partial charge in [0.05, 0.1) is 12.6 Å². The van der Waals surface area contributed by atoms with Gasteiger partial charge in [-0.15, -0.1) is 24.8 Å². The van der Waals surface area contributed by atoms with Crippen molar-refractivity contribution in [3.63, 3.8) is 0 Å². The summed E-state index contributed by atoms with van der Waals surface area (Å²) in [4.78, 5) is 2.47. The van der Waals surface area contributed by atoms with Crippen LogP contribution in [0.5, 0.6) is 5.75 Å². The minimum Gasteiger partial charge on any atom is -0.490 e. The predicted molar refractivity (Wildman–Crippen MR) is 109 cm³/mol. The van der Waals surface area contributed by atoms with Crippen LogP contribution < -0.4 is 10.1 Å². The summed E-state index contributed by atoms with van der Waals surface area (Å²) in [5.41, 5.74) is 2.03. The Morgan fingerprint density at radius 1 is 1.07 bits per heavy atom. The molecule has 0 amide bonds. The summed E-state index contributed by atoms with van der Waals surface area (Å²) < 4.78 is 25.5. The lowest BCUT2D eigenvalue weighted by atomic mass is 9.95. The summed E-state index contributed by atoms with van der Waals surface area (Å²) in [6, 6.07) is 14.9. The molecule has 2 aromatic carbocycles. The highest BCUT2D eigenvalue weighted by Crippen LogP contribution is 2.37. The number of halogens is 3. The first kappa shape index (κ1) is 21.9. The van der Waals surface area contributed by atoms with Crippen molar-refractivity contribution in [3.05, 3.63) is 65.5 Å². The van der Waals surface area contributed by atoms with Gasteiger partial charge in [0.1, 0.15) is 24.3 Å². The van der Waals surface area contributed by atoms with Gasteiger partial charge in [0.25, 0.3) is 0 Å². The molecule has 0 spiro atoms. The van der Waals surface area contributed by atoms with Crippen molar-refractivity contribution in [1.82, 2.24) is 10.2 Å². The van der Waals surface area contributed by atoms with Crippen LogP contribution >= 0.6 is 24.8 Å². The molecule has 4 rings (SSSR count). The van der Waals surface area contributed by atoms with E-state index < -0.39 is 0 Å². The summed E-state index contributed by atoms with van der Waals surface area (Å²) in [5.74, 6) is 0.710. The van der Waals surface area contributed by atoms with E-state index in [0.29, 0.717) is 13.2 Å². The fourth-order valence-electron chi connectivity index (χ4n) is 3.68. The van der Waals surface area contributed by atoms with E-state index in [9.17, 15) is 4.39 Å². The van der Waals surface area contributed by atoms with Crippen LogP contribution in [0.2, 0.25) is 0 Å². The molecule has 2 heterocycles. The average Bonchev–Trinajstić information content (AvgIpc) is 2.66. The molecule has 2 aromatic rings. The number of fused-ring (bicyclic) bond motifs is 1. The summed E-state index contributed by atoms with van der Waals surface area (Å²) >= 11 is 0. The monoisotopic (exact) mass is 414 g/mol. The maximum absolute atomic E-state index is 13.4. The Morgan fingerprint density at radius 2 is 1.85 bits per heavy atom. The highest BCUT2D eigenvalue weighted by Gasteiger charge is 2.36. The largest absolute Gasteiger partial charge is 0.490 e. The molecule has 0 saturated carbocycles. The Kier molecular flexibility index (Phi) is 8.32. The molecule has 1 saturated heterocycles. The van der Waals surface area contributed by atoms with Crippen LogP contribution in [-0.2, 0) is 11.3 Å². The van der Waals surface area contributed by atoms with Gasteiger partial charge >= 0.3 is 0 Å². The predicted octanol–water partition coefficient (Wildman–Crippen LogP) is 3.59. The third-order valence-corrected chi connectivity index (χ3v) is 4.89. The molecule has 1 fully saturated rings. The Hall–Kier alpha value is -1.37. The van der Waals surface area contributed by atoms with Crippen molar-refractivity contribution in [2.75, 3.05) is 32.8 Å². The van der Waals surface area contributed by atoms with Crippen molar-refractivity contribution < 1.29 is 13.9 Å². The zero-order chi connectivity index (χ0) is 17.1. The van der Waals surface area contributed by atoms with Gasteiger partial charge in [0, 0.05) is 31.7 Å². The Bertz CT molecular complexity index is 729. The van der Waals surface area contributed by atoms with Crippen LogP contribution in [0.25, 0.3) is 0 Å². The summed E-state index contributed by atoms with van der Waals surface area (Å²) in [7, 11) is 0. The number of nitrogens with one attached hydrogen (secondary N) is 1.